The van der Waals surface area contributed by atoms with Crippen LogP contribution in [0.2, 0.25) is 0 Å². The van der Waals surface area contributed by atoms with Crippen LogP contribution >= 0.6 is 0 Å². The van der Waals surface area contributed by atoms with E-state index in [2.05, 4.69) is 15.5 Å². The summed E-state index contributed by atoms with van der Waals surface area (Å²) in [7, 11) is 0. The Labute approximate surface area is 124 Å². The summed E-state index contributed by atoms with van der Waals surface area (Å²) in [5, 5.41) is 19.1. The van der Waals surface area contributed by atoms with Gasteiger partial charge in [-0.2, -0.15) is 10.2 Å². The van der Waals surface area contributed by atoms with Crippen LogP contribution in [0, 0.1) is 0 Å². The highest BCUT2D eigenvalue weighted by Gasteiger charge is 2.18. The zero-order valence-corrected chi connectivity index (χ0v) is 11.7. The molecular weight excluding hydrogens is 292 g/mol. The van der Waals surface area contributed by atoms with E-state index in [0.29, 0.717) is 6.54 Å². The first-order chi connectivity index (χ1) is 10.4. The van der Waals surface area contributed by atoms with Crippen molar-refractivity contribution < 1.29 is 19.5 Å². The molecule has 4 N–H and O–H groups in total. The number of anilines is 1. The molecule has 10 nitrogen and oxygen atoms in total. The summed E-state index contributed by atoms with van der Waals surface area (Å²) in [6.07, 6.45) is 2.59. The molecule has 0 aliphatic heterocycles. The minimum absolute atomic E-state index is 0.0785. The molecule has 0 fully saturated rings. The molecular formula is C12H14N6O4. The SMILES string of the molecule is CCn1ncc(NC(=O)Cn2nccc2C(=O)O)c1C(N)=O. The molecule has 2 heterocycles. The molecule has 2 amide bonds. The summed E-state index contributed by atoms with van der Waals surface area (Å²) < 4.78 is 2.39. The van der Waals surface area contributed by atoms with Crippen LogP contribution in [0.4, 0.5) is 5.69 Å². The molecule has 0 unspecified atom stereocenters. The van der Waals surface area contributed by atoms with Gasteiger partial charge in [-0.15, -0.1) is 0 Å². The van der Waals surface area contributed by atoms with Gasteiger partial charge in [-0.3, -0.25) is 14.3 Å². The predicted molar refractivity (Wildman–Crippen MR) is 74.2 cm³/mol. The number of amides is 2. The molecule has 0 spiro atoms. The van der Waals surface area contributed by atoms with Crippen LogP contribution in [0.5, 0.6) is 0 Å². The molecule has 22 heavy (non-hydrogen) atoms. The largest absolute Gasteiger partial charge is 0.477 e. The predicted octanol–water partition coefficient (Wildman–Crippen LogP) is -0.465. The lowest BCUT2D eigenvalue weighted by atomic mass is 10.3. The van der Waals surface area contributed by atoms with Gasteiger partial charge in [0.1, 0.15) is 17.9 Å². The summed E-state index contributed by atoms with van der Waals surface area (Å²) in [5.74, 6) is -2.47. The average molecular weight is 306 g/mol. The fourth-order valence-corrected chi connectivity index (χ4v) is 1.94. The summed E-state index contributed by atoms with van der Waals surface area (Å²) in [6.45, 7) is 1.87. The number of rotatable bonds is 6. The van der Waals surface area contributed by atoms with E-state index in [1.165, 1.54) is 23.1 Å². The van der Waals surface area contributed by atoms with E-state index < -0.39 is 17.8 Å². The molecule has 0 saturated carbocycles. The van der Waals surface area contributed by atoms with Gasteiger partial charge in [0.05, 0.1) is 11.9 Å². The Morgan fingerprint density at radius 1 is 1.32 bits per heavy atom. The standard InChI is InChI=1S/C12H14N6O4/c1-2-17-10(11(13)20)7(5-15-17)16-9(19)6-18-8(12(21)22)3-4-14-18/h3-5H,2,6H2,1H3,(H2,13,20)(H,16,19)(H,21,22). The van der Waals surface area contributed by atoms with Crippen LogP contribution in [-0.4, -0.2) is 42.5 Å². The van der Waals surface area contributed by atoms with Gasteiger partial charge in [-0.25, -0.2) is 9.48 Å². The molecule has 116 valence electrons. The molecule has 2 rings (SSSR count). The molecule has 0 saturated heterocycles. The van der Waals surface area contributed by atoms with Gasteiger partial charge in [0.15, 0.2) is 0 Å². The topological polar surface area (TPSA) is 145 Å². The lowest BCUT2D eigenvalue weighted by Crippen LogP contribution is -2.24. The summed E-state index contributed by atoms with van der Waals surface area (Å²) in [5.41, 5.74) is 5.40. The van der Waals surface area contributed by atoms with E-state index in [9.17, 15) is 14.4 Å². The second-order valence-electron chi connectivity index (χ2n) is 4.31. The van der Waals surface area contributed by atoms with Crippen molar-refractivity contribution in [1.82, 2.24) is 19.6 Å². The third-order valence-electron chi connectivity index (χ3n) is 2.88. The zero-order valence-electron chi connectivity index (χ0n) is 11.7. The quantitative estimate of drug-likeness (QED) is 0.658. The second-order valence-corrected chi connectivity index (χ2v) is 4.31. The summed E-state index contributed by atoms with van der Waals surface area (Å²) in [4.78, 5) is 34.3. The number of hydrogen-bond donors (Lipinski definition) is 3. The van der Waals surface area contributed by atoms with Gasteiger partial charge in [0, 0.05) is 12.7 Å². The number of carboxylic acids is 1. The minimum Gasteiger partial charge on any atom is -0.477 e. The molecule has 0 bridgehead atoms. The molecule has 10 heteroatoms. The molecule has 0 aliphatic rings. The highest BCUT2D eigenvalue weighted by atomic mass is 16.4. The molecule has 2 aromatic rings. The molecule has 0 aromatic carbocycles. The maximum atomic E-state index is 12.0. The van der Waals surface area contributed by atoms with Crippen molar-refractivity contribution in [2.45, 2.75) is 20.0 Å². The van der Waals surface area contributed by atoms with Gasteiger partial charge < -0.3 is 16.2 Å². The maximum Gasteiger partial charge on any atom is 0.354 e. The Kier molecular flexibility index (Phi) is 4.20. The van der Waals surface area contributed by atoms with E-state index in [-0.39, 0.29) is 23.6 Å². The Balaban J connectivity index is 2.16. The van der Waals surface area contributed by atoms with E-state index in [0.717, 1.165) is 4.68 Å². The monoisotopic (exact) mass is 306 g/mol. The summed E-state index contributed by atoms with van der Waals surface area (Å²) in [6, 6.07) is 1.28. The normalized spacial score (nSPS) is 10.4. The third kappa shape index (κ3) is 2.95. The second kappa shape index (κ2) is 6.08. The fourth-order valence-electron chi connectivity index (χ4n) is 1.94. The lowest BCUT2D eigenvalue weighted by molar-refractivity contribution is -0.116. The van der Waals surface area contributed by atoms with Crippen molar-refractivity contribution in [3.63, 3.8) is 0 Å². The number of carbonyl (C=O) groups is 3. The van der Waals surface area contributed by atoms with Crippen molar-refractivity contribution >= 4 is 23.5 Å². The van der Waals surface area contributed by atoms with Gasteiger partial charge in [-0.05, 0) is 13.0 Å². The van der Waals surface area contributed by atoms with Gasteiger partial charge in [0.2, 0.25) is 5.91 Å². The molecule has 2 aromatic heterocycles. The number of carbonyl (C=O) groups excluding carboxylic acids is 2. The van der Waals surface area contributed by atoms with E-state index in [4.69, 9.17) is 10.8 Å². The first-order valence-corrected chi connectivity index (χ1v) is 6.34. The zero-order chi connectivity index (χ0) is 16.3. The number of aromatic nitrogens is 4. The molecule has 0 radical (unpaired) electrons. The van der Waals surface area contributed by atoms with Crippen molar-refractivity contribution in [3.8, 4) is 0 Å². The van der Waals surface area contributed by atoms with E-state index >= 15 is 0 Å². The number of primary amides is 1. The van der Waals surface area contributed by atoms with Gasteiger partial charge in [0.25, 0.3) is 5.91 Å². The number of nitrogens with one attached hydrogen (secondary N) is 1. The minimum atomic E-state index is -1.19. The number of nitrogens with two attached hydrogens (primary N) is 1. The van der Waals surface area contributed by atoms with Crippen LogP contribution in [0.1, 0.15) is 27.9 Å². The van der Waals surface area contributed by atoms with Crippen LogP contribution in [-0.2, 0) is 17.9 Å². The maximum absolute atomic E-state index is 12.0. The van der Waals surface area contributed by atoms with Crippen molar-refractivity contribution in [2.24, 2.45) is 5.73 Å². The Bertz CT molecular complexity index is 732. The van der Waals surface area contributed by atoms with Crippen LogP contribution in [0.25, 0.3) is 0 Å². The smallest absolute Gasteiger partial charge is 0.354 e. The van der Waals surface area contributed by atoms with Crippen LogP contribution < -0.4 is 11.1 Å². The first kappa shape index (κ1) is 15.2. The first-order valence-electron chi connectivity index (χ1n) is 6.34. The number of hydrogen-bond acceptors (Lipinski definition) is 5. The van der Waals surface area contributed by atoms with Gasteiger partial charge in [-0.1, -0.05) is 0 Å². The van der Waals surface area contributed by atoms with Crippen molar-refractivity contribution in [1.29, 1.82) is 0 Å². The van der Waals surface area contributed by atoms with Crippen molar-refractivity contribution in [2.75, 3.05) is 5.32 Å². The molecule has 0 aliphatic carbocycles. The average Bonchev–Trinajstić information content (AvgIpc) is 3.04. The highest BCUT2D eigenvalue weighted by molar-refractivity contribution is 6.01. The van der Waals surface area contributed by atoms with E-state index in [1.54, 1.807) is 6.92 Å². The number of aromatic carboxylic acids is 1. The number of carboxylic acid groups (broad SMARTS) is 1. The molecule has 0 atom stereocenters. The Morgan fingerprint density at radius 2 is 2.05 bits per heavy atom. The summed E-state index contributed by atoms with van der Waals surface area (Å²) >= 11 is 0. The Morgan fingerprint density at radius 3 is 2.64 bits per heavy atom. The highest BCUT2D eigenvalue weighted by Crippen LogP contribution is 2.14. The van der Waals surface area contributed by atoms with Crippen LogP contribution in [0.15, 0.2) is 18.5 Å². The van der Waals surface area contributed by atoms with E-state index in [1.807, 2.05) is 0 Å². The number of aryl methyl sites for hydroxylation is 1. The fraction of sp³-hybridized carbons (Fsp3) is 0.250. The van der Waals surface area contributed by atoms with Crippen molar-refractivity contribution in [3.05, 3.63) is 29.8 Å². The lowest BCUT2D eigenvalue weighted by Gasteiger charge is -2.07. The van der Waals surface area contributed by atoms with Crippen LogP contribution in [0.3, 0.4) is 0 Å². The van der Waals surface area contributed by atoms with Gasteiger partial charge >= 0.3 is 5.97 Å². The number of nitrogens with zero attached hydrogens (tertiary/aromatic N) is 4. The Hall–Kier alpha value is -3.17. The third-order valence-corrected chi connectivity index (χ3v) is 2.88.